The molecular formula is C19H29N5O. The molecule has 0 bridgehead atoms. The quantitative estimate of drug-likeness (QED) is 0.804. The third kappa shape index (κ3) is 3.50. The van der Waals surface area contributed by atoms with Crippen LogP contribution in [0.4, 0.5) is 5.82 Å². The largest absolute Gasteiger partial charge is 0.378 e. The van der Waals surface area contributed by atoms with Crippen molar-refractivity contribution in [1.82, 2.24) is 19.7 Å². The van der Waals surface area contributed by atoms with Crippen LogP contribution < -0.4 is 4.90 Å². The highest BCUT2D eigenvalue weighted by atomic mass is 16.5. The highest BCUT2D eigenvalue weighted by Crippen LogP contribution is 2.34. The maximum Gasteiger partial charge on any atom is 0.163 e. The number of hydrogen-bond acceptors (Lipinski definition) is 5. The number of aromatic nitrogens is 4. The van der Waals surface area contributed by atoms with Gasteiger partial charge in [0.2, 0.25) is 0 Å². The molecule has 0 amide bonds. The molecule has 0 spiro atoms. The predicted molar refractivity (Wildman–Crippen MR) is 99.0 cm³/mol. The Morgan fingerprint density at radius 2 is 2.04 bits per heavy atom. The van der Waals surface area contributed by atoms with Crippen LogP contribution in [0.15, 0.2) is 6.20 Å². The van der Waals surface area contributed by atoms with Gasteiger partial charge in [-0.3, -0.25) is 4.68 Å². The number of anilines is 1. The summed E-state index contributed by atoms with van der Waals surface area (Å²) in [5, 5.41) is 5.48. The zero-order chi connectivity index (χ0) is 17.2. The first-order chi connectivity index (χ1) is 12.2. The molecule has 0 unspecified atom stereocenters. The van der Waals surface area contributed by atoms with E-state index in [2.05, 4.69) is 17.0 Å². The first-order valence-corrected chi connectivity index (χ1v) is 9.75. The van der Waals surface area contributed by atoms with Crippen LogP contribution in [0.25, 0.3) is 11.0 Å². The Morgan fingerprint density at radius 1 is 1.20 bits per heavy atom. The Morgan fingerprint density at radius 3 is 2.80 bits per heavy atom. The lowest BCUT2D eigenvalue weighted by molar-refractivity contribution is 0.103. The van der Waals surface area contributed by atoms with Crippen molar-refractivity contribution in [1.29, 1.82) is 0 Å². The molecule has 2 fully saturated rings. The van der Waals surface area contributed by atoms with Crippen molar-refractivity contribution in [2.75, 3.05) is 25.1 Å². The number of nitrogens with zero attached hydrogens (tertiary/aromatic N) is 5. The van der Waals surface area contributed by atoms with Crippen molar-refractivity contribution in [3.05, 3.63) is 12.0 Å². The lowest BCUT2D eigenvalue weighted by Gasteiger charge is -2.21. The predicted octanol–water partition coefficient (Wildman–Crippen LogP) is 3.42. The molecule has 4 rings (SSSR count). The molecule has 6 nitrogen and oxygen atoms in total. The molecule has 136 valence electrons. The summed E-state index contributed by atoms with van der Waals surface area (Å²) in [5.74, 6) is 2.56. The van der Waals surface area contributed by atoms with Gasteiger partial charge in [-0.1, -0.05) is 12.8 Å². The van der Waals surface area contributed by atoms with Crippen molar-refractivity contribution in [3.8, 4) is 0 Å². The van der Waals surface area contributed by atoms with Gasteiger partial charge in [-0.15, -0.1) is 0 Å². The smallest absolute Gasteiger partial charge is 0.163 e. The summed E-state index contributed by atoms with van der Waals surface area (Å²) in [6.07, 6.45) is 12.1. The Bertz CT molecular complexity index is 716. The summed E-state index contributed by atoms with van der Waals surface area (Å²) >= 11 is 0. The lowest BCUT2D eigenvalue weighted by Crippen LogP contribution is -2.22. The van der Waals surface area contributed by atoms with Crippen molar-refractivity contribution in [2.45, 2.75) is 63.4 Å². The van der Waals surface area contributed by atoms with E-state index >= 15 is 0 Å². The highest BCUT2D eigenvalue weighted by molar-refractivity contribution is 5.86. The fourth-order valence-corrected chi connectivity index (χ4v) is 4.22. The summed E-state index contributed by atoms with van der Waals surface area (Å²) in [5.41, 5.74) is 0.956. The SMILES string of the molecule is CN(CCC[C@H]1CCCO1)c1nc(C2CCCC2)nc2c1cnn2C. The second kappa shape index (κ2) is 7.28. The van der Waals surface area contributed by atoms with Gasteiger partial charge < -0.3 is 9.64 Å². The summed E-state index contributed by atoms with van der Waals surface area (Å²) in [7, 11) is 4.11. The number of aryl methyl sites for hydroxylation is 1. The van der Waals surface area contributed by atoms with E-state index in [0.717, 1.165) is 48.7 Å². The van der Waals surface area contributed by atoms with E-state index in [1.807, 2.05) is 17.9 Å². The van der Waals surface area contributed by atoms with E-state index in [1.54, 1.807) is 0 Å². The molecule has 2 aromatic rings. The Kier molecular flexibility index (Phi) is 4.88. The molecule has 6 heteroatoms. The Labute approximate surface area is 149 Å². The summed E-state index contributed by atoms with van der Waals surface area (Å²) < 4.78 is 7.62. The number of ether oxygens (including phenoxy) is 1. The van der Waals surface area contributed by atoms with Crippen LogP contribution in [0.5, 0.6) is 0 Å². The monoisotopic (exact) mass is 343 g/mol. The zero-order valence-corrected chi connectivity index (χ0v) is 15.4. The van der Waals surface area contributed by atoms with Crippen molar-refractivity contribution < 1.29 is 4.74 Å². The Hall–Kier alpha value is -1.69. The molecule has 0 aromatic carbocycles. The van der Waals surface area contributed by atoms with Crippen LogP contribution in [-0.2, 0) is 11.8 Å². The van der Waals surface area contributed by atoms with Gasteiger partial charge in [-0.25, -0.2) is 9.97 Å². The van der Waals surface area contributed by atoms with Gasteiger partial charge in [0, 0.05) is 33.2 Å². The van der Waals surface area contributed by atoms with Crippen molar-refractivity contribution in [2.24, 2.45) is 7.05 Å². The number of rotatable bonds is 6. The van der Waals surface area contributed by atoms with E-state index in [9.17, 15) is 0 Å². The van der Waals surface area contributed by atoms with Crippen molar-refractivity contribution in [3.63, 3.8) is 0 Å². The van der Waals surface area contributed by atoms with E-state index in [1.165, 1.54) is 38.5 Å². The standard InChI is InChI=1S/C19H29N5O/c1-23(11-5-9-15-10-6-12-25-15)18-16-13-20-24(2)19(16)22-17(21-18)14-7-3-4-8-14/h13-15H,3-12H2,1-2H3/t15-/m0/s1. The van der Waals surface area contributed by atoms with Crippen molar-refractivity contribution >= 4 is 16.9 Å². The van der Waals surface area contributed by atoms with Gasteiger partial charge in [0.15, 0.2) is 5.65 Å². The topological polar surface area (TPSA) is 56.1 Å². The maximum absolute atomic E-state index is 5.74. The van der Waals surface area contributed by atoms with Gasteiger partial charge in [-0.2, -0.15) is 5.10 Å². The lowest BCUT2D eigenvalue weighted by atomic mass is 10.1. The third-order valence-corrected chi connectivity index (χ3v) is 5.71. The normalized spacial score (nSPS) is 21.4. The Balaban J connectivity index is 1.53. The van der Waals surface area contributed by atoms with Crippen LogP contribution in [0, 0.1) is 0 Å². The fraction of sp³-hybridized carbons (Fsp3) is 0.737. The molecule has 25 heavy (non-hydrogen) atoms. The van der Waals surface area contributed by atoms with Gasteiger partial charge in [0.25, 0.3) is 0 Å². The average Bonchev–Trinajstić information content (AvgIpc) is 3.36. The van der Waals surface area contributed by atoms with Crippen LogP contribution in [0.2, 0.25) is 0 Å². The second-order valence-corrected chi connectivity index (χ2v) is 7.59. The molecule has 1 saturated heterocycles. The molecular weight excluding hydrogens is 314 g/mol. The van der Waals surface area contributed by atoms with Gasteiger partial charge >= 0.3 is 0 Å². The van der Waals surface area contributed by atoms with Crippen LogP contribution in [0.3, 0.4) is 0 Å². The second-order valence-electron chi connectivity index (χ2n) is 7.59. The first-order valence-electron chi connectivity index (χ1n) is 9.75. The minimum Gasteiger partial charge on any atom is -0.378 e. The molecule has 3 heterocycles. The van der Waals surface area contributed by atoms with Crippen LogP contribution in [-0.4, -0.2) is 46.1 Å². The van der Waals surface area contributed by atoms with E-state index in [4.69, 9.17) is 14.7 Å². The molecule has 2 aromatic heterocycles. The fourth-order valence-electron chi connectivity index (χ4n) is 4.22. The summed E-state index contributed by atoms with van der Waals surface area (Å²) in [4.78, 5) is 12.1. The summed E-state index contributed by atoms with van der Waals surface area (Å²) in [6.45, 7) is 1.93. The van der Waals surface area contributed by atoms with Crippen LogP contribution >= 0.6 is 0 Å². The van der Waals surface area contributed by atoms with Gasteiger partial charge in [-0.05, 0) is 38.5 Å². The first kappa shape index (κ1) is 16.8. The van der Waals surface area contributed by atoms with E-state index in [-0.39, 0.29) is 0 Å². The molecule has 0 N–H and O–H groups in total. The van der Waals surface area contributed by atoms with Crippen LogP contribution in [0.1, 0.15) is 63.1 Å². The van der Waals surface area contributed by atoms with Gasteiger partial charge in [0.1, 0.15) is 11.6 Å². The third-order valence-electron chi connectivity index (χ3n) is 5.71. The molecule has 0 radical (unpaired) electrons. The molecule has 1 saturated carbocycles. The number of hydrogen-bond donors (Lipinski definition) is 0. The molecule has 1 atom stereocenters. The highest BCUT2D eigenvalue weighted by Gasteiger charge is 2.23. The zero-order valence-electron chi connectivity index (χ0n) is 15.4. The molecule has 2 aliphatic rings. The minimum atomic E-state index is 0.464. The maximum atomic E-state index is 5.74. The van der Waals surface area contributed by atoms with E-state index < -0.39 is 0 Å². The average molecular weight is 343 g/mol. The number of fused-ring (bicyclic) bond motifs is 1. The van der Waals surface area contributed by atoms with E-state index in [0.29, 0.717) is 12.0 Å². The molecule has 1 aliphatic carbocycles. The van der Waals surface area contributed by atoms with Gasteiger partial charge in [0.05, 0.1) is 17.7 Å². The minimum absolute atomic E-state index is 0.464. The molecule has 1 aliphatic heterocycles. The summed E-state index contributed by atoms with van der Waals surface area (Å²) in [6, 6.07) is 0.